The van der Waals surface area contributed by atoms with E-state index in [4.69, 9.17) is 0 Å². The smallest absolute Gasteiger partial charge is 0.228 e. The van der Waals surface area contributed by atoms with Crippen LogP contribution in [0, 0.1) is 17.3 Å². The third-order valence-corrected chi connectivity index (χ3v) is 6.86. The standard InChI is InChI=1S/C21H32N4O.2ClH/c1-16-7-10-25(11-8-16)19-6-5-17(12-23-19)13-24-20(26)21-9-3-2-4-18(21)14-22-15-21;;/h5-6,12,16,18,22H,2-4,7-11,13-15H2,1H3,(H,24,26);2*1H/t18-,21+;;/m0../s1. The van der Waals surface area contributed by atoms with Crippen molar-refractivity contribution < 1.29 is 4.79 Å². The van der Waals surface area contributed by atoms with E-state index in [9.17, 15) is 4.79 Å². The first kappa shape index (κ1) is 23.2. The van der Waals surface area contributed by atoms with E-state index in [-0.39, 0.29) is 36.1 Å². The Morgan fingerprint density at radius 2 is 2.04 bits per heavy atom. The minimum absolute atomic E-state index is 0. The van der Waals surface area contributed by atoms with Gasteiger partial charge in [-0.05, 0) is 55.7 Å². The van der Waals surface area contributed by atoms with Gasteiger partial charge in [0, 0.05) is 32.4 Å². The Hall–Kier alpha value is -1.04. The maximum Gasteiger partial charge on any atom is 0.228 e. The summed E-state index contributed by atoms with van der Waals surface area (Å²) in [6.07, 6.45) is 9.08. The van der Waals surface area contributed by atoms with Crippen molar-refractivity contribution in [3.05, 3.63) is 23.9 Å². The van der Waals surface area contributed by atoms with Gasteiger partial charge in [0.15, 0.2) is 0 Å². The van der Waals surface area contributed by atoms with Crippen LogP contribution in [0.3, 0.4) is 0 Å². The molecule has 1 aromatic rings. The molecule has 3 fully saturated rings. The monoisotopic (exact) mass is 428 g/mol. The Kier molecular flexibility index (Phi) is 8.41. The second-order valence-corrected chi connectivity index (χ2v) is 8.61. The van der Waals surface area contributed by atoms with Gasteiger partial charge in [-0.2, -0.15) is 0 Å². The number of aromatic nitrogens is 1. The van der Waals surface area contributed by atoms with E-state index in [0.717, 1.165) is 49.9 Å². The number of rotatable bonds is 4. The van der Waals surface area contributed by atoms with Gasteiger partial charge in [0.2, 0.25) is 5.91 Å². The van der Waals surface area contributed by atoms with Crippen LogP contribution in [0.5, 0.6) is 0 Å². The number of carbonyl (C=O) groups is 1. The second-order valence-electron chi connectivity index (χ2n) is 8.61. The number of piperidine rings is 1. The van der Waals surface area contributed by atoms with Crippen LogP contribution in [0.2, 0.25) is 0 Å². The summed E-state index contributed by atoms with van der Waals surface area (Å²) in [4.78, 5) is 20.0. The van der Waals surface area contributed by atoms with Gasteiger partial charge >= 0.3 is 0 Å². The van der Waals surface area contributed by atoms with E-state index in [2.05, 4.69) is 39.6 Å². The SMILES string of the molecule is CC1CCN(c2ccc(CNC(=O)[C@@]34CCCC[C@H]3CNC4)cn2)CC1.Cl.Cl. The molecule has 2 aliphatic heterocycles. The van der Waals surface area contributed by atoms with Gasteiger partial charge in [-0.15, -0.1) is 24.8 Å². The van der Waals surface area contributed by atoms with Crippen molar-refractivity contribution in [1.82, 2.24) is 15.6 Å². The number of halogens is 2. The van der Waals surface area contributed by atoms with Gasteiger partial charge in [0.25, 0.3) is 0 Å². The highest BCUT2D eigenvalue weighted by atomic mass is 35.5. The fraction of sp³-hybridized carbons (Fsp3) is 0.714. The molecule has 1 aromatic heterocycles. The fourth-order valence-electron chi connectivity index (χ4n) is 4.99. The molecule has 5 nitrogen and oxygen atoms in total. The summed E-state index contributed by atoms with van der Waals surface area (Å²) in [7, 11) is 0. The zero-order chi connectivity index (χ0) is 18.0. The van der Waals surface area contributed by atoms with Crippen LogP contribution >= 0.6 is 24.8 Å². The molecule has 0 bridgehead atoms. The van der Waals surface area contributed by atoms with E-state index in [1.54, 1.807) is 0 Å². The average molecular weight is 429 g/mol. The predicted molar refractivity (Wildman–Crippen MR) is 118 cm³/mol. The predicted octanol–water partition coefficient (Wildman–Crippen LogP) is 3.56. The summed E-state index contributed by atoms with van der Waals surface area (Å²) in [6, 6.07) is 4.22. The number of nitrogens with zero attached hydrogens (tertiary/aromatic N) is 2. The molecule has 4 rings (SSSR count). The summed E-state index contributed by atoms with van der Waals surface area (Å²) in [6.45, 7) is 6.94. The first-order valence-electron chi connectivity index (χ1n) is 10.4. The van der Waals surface area contributed by atoms with Crippen molar-refractivity contribution in [3.8, 4) is 0 Å². The number of pyridine rings is 1. The van der Waals surface area contributed by atoms with Crippen LogP contribution in [0.4, 0.5) is 5.82 Å². The maximum absolute atomic E-state index is 12.9. The quantitative estimate of drug-likeness (QED) is 0.769. The van der Waals surface area contributed by atoms with Crippen molar-refractivity contribution in [2.24, 2.45) is 17.3 Å². The second kappa shape index (κ2) is 10.1. The molecule has 158 valence electrons. The molecule has 0 unspecified atom stereocenters. The van der Waals surface area contributed by atoms with Crippen LogP contribution in [0.25, 0.3) is 0 Å². The Labute approximate surface area is 181 Å². The number of nitrogens with one attached hydrogen (secondary N) is 2. The molecule has 3 heterocycles. The highest BCUT2D eigenvalue weighted by Crippen LogP contribution is 2.43. The fourth-order valence-corrected chi connectivity index (χ4v) is 4.99. The lowest BCUT2D eigenvalue weighted by Crippen LogP contribution is -2.47. The average Bonchev–Trinajstić information content (AvgIpc) is 3.12. The lowest BCUT2D eigenvalue weighted by Gasteiger charge is -2.37. The normalized spacial score (nSPS) is 27.3. The third-order valence-electron chi connectivity index (χ3n) is 6.86. The first-order chi connectivity index (χ1) is 12.7. The molecule has 0 aromatic carbocycles. The van der Waals surface area contributed by atoms with Gasteiger partial charge in [0.05, 0.1) is 5.41 Å². The van der Waals surface area contributed by atoms with Gasteiger partial charge in [-0.1, -0.05) is 25.8 Å². The van der Waals surface area contributed by atoms with E-state index in [1.165, 1.54) is 32.1 Å². The molecule has 3 aliphatic rings. The largest absolute Gasteiger partial charge is 0.357 e. The first-order valence-corrected chi connectivity index (χ1v) is 10.4. The van der Waals surface area contributed by atoms with Gasteiger partial charge < -0.3 is 15.5 Å². The van der Waals surface area contributed by atoms with Crippen LogP contribution < -0.4 is 15.5 Å². The molecule has 1 saturated carbocycles. The lowest BCUT2D eigenvalue weighted by atomic mass is 9.67. The highest BCUT2D eigenvalue weighted by molar-refractivity contribution is 5.85. The van der Waals surface area contributed by atoms with Crippen LogP contribution in [0.1, 0.15) is 51.0 Å². The molecule has 1 amide bonds. The Morgan fingerprint density at radius 1 is 1.25 bits per heavy atom. The third kappa shape index (κ3) is 4.74. The van der Waals surface area contributed by atoms with Crippen molar-refractivity contribution in [2.45, 2.75) is 52.0 Å². The summed E-state index contributed by atoms with van der Waals surface area (Å²) < 4.78 is 0. The Bertz CT molecular complexity index is 634. The Morgan fingerprint density at radius 3 is 2.75 bits per heavy atom. The van der Waals surface area contributed by atoms with Crippen molar-refractivity contribution in [2.75, 3.05) is 31.1 Å². The molecule has 0 radical (unpaired) electrons. The van der Waals surface area contributed by atoms with Gasteiger partial charge in [0.1, 0.15) is 5.82 Å². The molecule has 2 saturated heterocycles. The van der Waals surface area contributed by atoms with Crippen molar-refractivity contribution in [3.63, 3.8) is 0 Å². The minimum atomic E-state index is -0.171. The zero-order valence-electron chi connectivity index (χ0n) is 16.8. The number of fused-ring (bicyclic) bond motifs is 1. The highest BCUT2D eigenvalue weighted by Gasteiger charge is 2.49. The van der Waals surface area contributed by atoms with Crippen LogP contribution in [0.15, 0.2) is 18.3 Å². The van der Waals surface area contributed by atoms with E-state index in [0.29, 0.717) is 12.5 Å². The Balaban J connectivity index is 0.00000140. The van der Waals surface area contributed by atoms with E-state index < -0.39 is 0 Å². The van der Waals surface area contributed by atoms with Crippen molar-refractivity contribution in [1.29, 1.82) is 0 Å². The molecule has 0 spiro atoms. The molecular formula is C21H34Cl2N4O. The van der Waals surface area contributed by atoms with E-state index in [1.807, 2.05) is 6.20 Å². The van der Waals surface area contributed by atoms with Gasteiger partial charge in [-0.3, -0.25) is 4.79 Å². The molecule has 2 atom stereocenters. The summed E-state index contributed by atoms with van der Waals surface area (Å²) >= 11 is 0. The number of hydrogen-bond acceptors (Lipinski definition) is 4. The zero-order valence-corrected chi connectivity index (χ0v) is 18.4. The lowest BCUT2D eigenvalue weighted by molar-refractivity contribution is -0.134. The van der Waals surface area contributed by atoms with Gasteiger partial charge in [-0.25, -0.2) is 4.98 Å². The molecule has 1 aliphatic carbocycles. The number of hydrogen-bond donors (Lipinski definition) is 2. The number of anilines is 1. The van der Waals surface area contributed by atoms with E-state index >= 15 is 0 Å². The summed E-state index contributed by atoms with van der Waals surface area (Å²) in [5, 5.41) is 6.66. The van der Waals surface area contributed by atoms with Crippen LogP contribution in [-0.4, -0.2) is 37.1 Å². The van der Waals surface area contributed by atoms with Crippen LogP contribution in [-0.2, 0) is 11.3 Å². The topological polar surface area (TPSA) is 57.3 Å². The minimum Gasteiger partial charge on any atom is -0.357 e. The number of carbonyl (C=O) groups excluding carboxylic acids is 1. The molecule has 28 heavy (non-hydrogen) atoms. The molecule has 2 N–H and O–H groups in total. The summed E-state index contributed by atoms with van der Waals surface area (Å²) in [5.74, 6) is 2.64. The number of amides is 1. The molecule has 7 heteroatoms. The summed E-state index contributed by atoms with van der Waals surface area (Å²) in [5.41, 5.74) is 0.915. The maximum atomic E-state index is 12.9. The molecular weight excluding hydrogens is 395 g/mol. The van der Waals surface area contributed by atoms with Crippen molar-refractivity contribution >= 4 is 36.5 Å².